The topological polar surface area (TPSA) is 78.9 Å². The maximum absolute atomic E-state index is 12.8. The molecule has 0 saturated heterocycles. The molecule has 0 heterocycles. The van der Waals surface area contributed by atoms with Crippen molar-refractivity contribution in [3.05, 3.63) is 109 Å². The van der Waals surface area contributed by atoms with E-state index in [2.05, 4.69) is 130 Å². The van der Waals surface area contributed by atoms with Gasteiger partial charge in [-0.15, -0.1) is 0 Å². The zero-order chi connectivity index (χ0) is 45.1. The van der Waals surface area contributed by atoms with Crippen molar-refractivity contribution in [1.82, 2.24) is 0 Å². The molecule has 0 N–H and O–H groups in total. The highest BCUT2D eigenvalue weighted by molar-refractivity contribution is 5.71. The van der Waals surface area contributed by atoms with Crippen molar-refractivity contribution in [2.24, 2.45) is 0 Å². The number of ether oxygens (including phenoxy) is 3. The molecule has 0 aromatic rings. The van der Waals surface area contributed by atoms with E-state index in [1.807, 2.05) is 0 Å². The molecule has 0 aliphatic carbocycles. The fourth-order valence-corrected chi connectivity index (χ4v) is 6.31. The minimum Gasteiger partial charge on any atom is -0.462 e. The van der Waals surface area contributed by atoms with E-state index in [4.69, 9.17) is 14.2 Å². The maximum Gasteiger partial charge on any atom is 0.306 e. The van der Waals surface area contributed by atoms with Crippen LogP contribution in [0.25, 0.3) is 0 Å². The molecule has 0 bridgehead atoms. The lowest BCUT2D eigenvalue weighted by molar-refractivity contribution is -0.167. The monoisotopic (exact) mass is 859 g/mol. The third-order valence-corrected chi connectivity index (χ3v) is 9.99. The Labute approximate surface area is 380 Å². The minimum absolute atomic E-state index is 0.111. The van der Waals surface area contributed by atoms with Crippen LogP contribution in [0.15, 0.2) is 109 Å². The Morgan fingerprint density at radius 3 is 1.08 bits per heavy atom. The number of carbonyl (C=O) groups is 3. The third-order valence-electron chi connectivity index (χ3n) is 9.99. The first-order chi connectivity index (χ1) is 30.5. The summed E-state index contributed by atoms with van der Waals surface area (Å²) in [6.45, 7) is 6.29. The van der Waals surface area contributed by atoms with Gasteiger partial charge in [0.2, 0.25) is 0 Å². The van der Waals surface area contributed by atoms with Crippen LogP contribution in [0.2, 0.25) is 0 Å². The van der Waals surface area contributed by atoms with Crippen LogP contribution in [-0.4, -0.2) is 37.2 Å². The normalized spacial score (nSPS) is 13.0. The van der Waals surface area contributed by atoms with Gasteiger partial charge >= 0.3 is 17.9 Å². The number of unbranched alkanes of at least 4 members (excludes halogenated alkanes) is 14. The number of rotatable bonds is 43. The second kappa shape index (κ2) is 49.7. The molecule has 1 unspecified atom stereocenters. The molecule has 0 aromatic heterocycles. The van der Waals surface area contributed by atoms with E-state index < -0.39 is 6.10 Å². The summed E-state index contributed by atoms with van der Waals surface area (Å²) in [6, 6.07) is 0. The number of carbonyl (C=O) groups excluding carboxylic acids is 3. The third kappa shape index (κ3) is 47.1. The molecular formula is C56H90O6. The van der Waals surface area contributed by atoms with Crippen molar-refractivity contribution in [2.75, 3.05) is 13.2 Å². The van der Waals surface area contributed by atoms with E-state index in [1.165, 1.54) is 38.5 Å². The summed E-state index contributed by atoms with van der Waals surface area (Å²) < 4.78 is 16.7. The van der Waals surface area contributed by atoms with Gasteiger partial charge in [0.1, 0.15) is 13.2 Å². The number of esters is 3. The van der Waals surface area contributed by atoms with Crippen LogP contribution in [0.5, 0.6) is 0 Å². The lowest BCUT2D eigenvalue weighted by Crippen LogP contribution is -2.30. The molecular weight excluding hydrogens is 769 g/mol. The van der Waals surface area contributed by atoms with Crippen molar-refractivity contribution in [3.8, 4) is 0 Å². The first kappa shape index (κ1) is 58.1. The summed E-state index contributed by atoms with van der Waals surface area (Å²) in [5, 5.41) is 0. The predicted octanol–water partition coefficient (Wildman–Crippen LogP) is 16.4. The van der Waals surface area contributed by atoms with Crippen molar-refractivity contribution in [2.45, 2.75) is 213 Å². The Balaban J connectivity index is 4.45. The fraction of sp³-hybridized carbons (Fsp3) is 0.625. The molecule has 0 amide bonds. The molecule has 0 rings (SSSR count). The smallest absolute Gasteiger partial charge is 0.306 e. The van der Waals surface area contributed by atoms with Crippen molar-refractivity contribution in [1.29, 1.82) is 0 Å². The predicted molar refractivity (Wildman–Crippen MR) is 265 cm³/mol. The molecule has 0 aromatic carbocycles. The van der Waals surface area contributed by atoms with Gasteiger partial charge in [0, 0.05) is 19.3 Å². The van der Waals surface area contributed by atoms with Crippen LogP contribution in [-0.2, 0) is 28.6 Å². The van der Waals surface area contributed by atoms with Crippen molar-refractivity contribution in [3.63, 3.8) is 0 Å². The lowest BCUT2D eigenvalue weighted by atomic mass is 10.1. The van der Waals surface area contributed by atoms with Gasteiger partial charge in [0.25, 0.3) is 0 Å². The van der Waals surface area contributed by atoms with E-state index >= 15 is 0 Å². The van der Waals surface area contributed by atoms with E-state index in [0.29, 0.717) is 25.7 Å². The number of allylic oxidation sites excluding steroid dienone is 18. The molecule has 6 heteroatoms. The van der Waals surface area contributed by atoms with E-state index in [0.717, 1.165) is 122 Å². The summed E-state index contributed by atoms with van der Waals surface area (Å²) >= 11 is 0. The van der Waals surface area contributed by atoms with Crippen LogP contribution in [0.3, 0.4) is 0 Å². The fourth-order valence-electron chi connectivity index (χ4n) is 6.31. The molecule has 62 heavy (non-hydrogen) atoms. The lowest BCUT2D eigenvalue weighted by Gasteiger charge is -2.18. The summed E-state index contributed by atoms with van der Waals surface area (Å²) in [4.78, 5) is 37.8. The van der Waals surface area contributed by atoms with Gasteiger partial charge in [0.15, 0.2) is 6.10 Å². The van der Waals surface area contributed by atoms with Crippen molar-refractivity contribution < 1.29 is 28.6 Å². The summed E-state index contributed by atoms with van der Waals surface area (Å²) in [7, 11) is 0. The Bertz CT molecular complexity index is 1310. The van der Waals surface area contributed by atoms with Crippen LogP contribution in [0, 0.1) is 0 Å². The number of hydrogen-bond donors (Lipinski definition) is 0. The quantitative estimate of drug-likeness (QED) is 0.0263. The van der Waals surface area contributed by atoms with Gasteiger partial charge in [0.05, 0.1) is 0 Å². The van der Waals surface area contributed by atoms with Gasteiger partial charge in [-0.1, -0.05) is 182 Å². The Hall–Kier alpha value is -3.93. The standard InChI is InChI=1S/C56H90O6/c1-4-7-10-13-16-19-21-23-25-27-28-29-31-32-34-37-40-43-46-49-55(58)61-52-53(51-60-54(57)48-45-42-39-36-18-15-12-9-6-3)62-56(59)50-47-44-41-38-35-33-30-26-24-22-20-17-14-11-8-5-2/h7-8,10-11,16-17,19-20,23-26,28-29,32,34,36,39,53H,4-6,9,12-15,18,21-22,27,30-31,33,35,37-38,40-52H2,1-3H3/b10-7-,11-8-,19-16-,20-17-,25-23-,26-24-,29-28-,34-32-,39-36-. The van der Waals surface area contributed by atoms with Gasteiger partial charge in [-0.3, -0.25) is 14.4 Å². The zero-order valence-electron chi connectivity index (χ0n) is 39.8. The maximum atomic E-state index is 12.8. The Kier molecular flexibility index (Phi) is 46.6. The molecule has 0 aliphatic heterocycles. The molecule has 6 nitrogen and oxygen atoms in total. The van der Waals surface area contributed by atoms with Gasteiger partial charge < -0.3 is 14.2 Å². The SMILES string of the molecule is CC/C=C\C/C=C\C/C=C\C/C=C\C/C=C\CCCCCC(=O)OCC(COC(=O)CCC/C=C\CCCCCC)OC(=O)CCCCCCCC/C=C\C/C=C\C/C=C\CC. The highest BCUT2D eigenvalue weighted by atomic mass is 16.6. The molecule has 0 fully saturated rings. The second-order valence-corrected chi connectivity index (χ2v) is 16.0. The second-order valence-electron chi connectivity index (χ2n) is 16.0. The van der Waals surface area contributed by atoms with E-state index in [-0.39, 0.29) is 31.1 Å². The van der Waals surface area contributed by atoms with E-state index in [1.54, 1.807) is 0 Å². The minimum atomic E-state index is -0.810. The molecule has 350 valence electrons. The first-order valence-electron chi connectivity index (χ1n) is 24.9. The zero-order valence-corrected chi connectivity index (χ0v) is 39.8. The van der Waals surface area contributed by atoms with Gasteiger partial charge in [-0.2, -0.15) is 0 Å². The molecule has 1 atom stereocenters. The van der Waals surface area contributed by atoms with Gasteiger partial charge in [-0.05, 0) is 116 Å². The van der Waals surface area contributed by atoms with Crippen LogP contribution < -0.4 is 0 Å². The Morgan fingerprint density at radius 1 is 0.339 bits per heavy atom. The molecule has 0 saturated carbocycles. The largest absolute Gasteiger partial charge is 0.462 e. The van der Waals surface area contributed by atoms with Crippen LogP contribution >= 0.6 is 0 Å². The van der Waals surface area contributed by atoms with Crippen LogP contribution in [0.1, 0.15) is 207 Å². The van der Waals surface area contributed by atoms with Crippen molar-refractivity contribution >= 4 is 17.9 Å². The molecule has 0 aliphatic rings. The van der Waals surface area contributed by atoms with Gasteiger partial charge in [-0.25, -0.2) is 0 Å². The average molecular weight is 859 g/mol. The average Bonchev–Trinajstić information content (AvgIpc) is 3.27. The highest BCUT2D eigenvalue weighted by Crippen LogP contribution is 2.12. The summed E-state index contributed by atoms with van der Waals surface area (Å²) in [5.74, 6) is -0.998. The number of hydrogen-bond acceptors (Lipinski definition) is 6. The first-order valence-corrected chi connectivity index (χ1v) is 24.9. The highest BCUT2D eigenvalue weighted by Gasteiger charge is 2.19. The Morgan fingerprint density at radius 2 is 0.645 bits per heavy atom. The summed E-state index contributed by atoms with van der Waals surface area (Å²) in [5.41, 5.74) is 0. The molecule has 0 spiro atoms. The summed E-state index contributed by atoms with van der Waals surface area (Å²) in [6.07, 6.45) is 66.5. The van der Waals surface area contributed by atoms with E-state index in [9.17, 15) is 14.4 Å². The molecule has 0 radical (unpaired) electrons. The van der Waals surface area contributed by atoms with Crippen LogP contribution in [0.4, 0.5) is 0 Å².